The first-order chi connectivity index (χ1) is 9.74. The van der Waals surface area contributed by atoms with Crippen molar-refractivity contribution in [1.82, 2.24) is 15.3 Å². The smallest absolute Gasteiger partial charge is 0.221 e. The van der Waals surface area contributed by atoms with Gasteiger partial charge in [-0.15, -0.1) is 0 Å². The zero-order chi connectivity index (χ0) is 13.9. The Hall–Kier alpha value is -1.36. The van der Waals surface area contributed by atoms with E-state index in [1.807, 2.05) is 6.20 Å². The van der Waals surface area contributed by atoms with Crippen LogP contribution >= 0.6 is 0 Å². The van der Waals surface area contributed by atoms with Crippen molar-refractivity contribution in [2.45, 2.75) is 62.9 Å². The summed E-state index contributed by atoms with van der Waals surface area (Å²) < 4.78 is 0. The number of carbonyl (C=O) groups excluding carboxylic acids is 1. The second-order valence-corrected chi connectivity index (χ2v) is 6.28. The molecule has 2 unspecified atom stereocenters. The molecule has 1 aromatic rings. The van der Waals surface area contributed by atoms with E-state index in [-0.39, 0.29) is 18.0 Å². The summed E-state index contributed by atoms with van der Waals surface area (Å²) in [4.78, 5) is 19.2. The van der Waals surface area contributed by atoms with Gasteiger partial charge in [-0.2, -0.15) is 0 Å². The highest BCUT2D eigenvalue weighted by Crippen LogP contribution is 2.39. The summed E-state index contributed by atoms with van der Waals surface area (Å²) in [6, 6.07) is 0.280. The molecule has 5 heteroatoms. The predicted molar refractivity (Wildman–Crippen MR) is 77.0 cm³/mol. The van der Waals surface area contributed by atoms with Crippen LogP contribution in [0.3, 0.4) is 0 Å². The van der Waals surface area contributed by atoms with Gasteiger partial charge in [0.15, 0.2) is 0 Å². The van der Waals surface area contributed by atoms with E-state index in [4.69, 9.17) is 5.73 Å². The molecule has 0 spiro atoms. The Balaban J connectivity index is 1.41. The normalized spacial score (nSPS) is 28.1. The number of H-pyrrole nitrogens is 1. The molecular formula is C15H24N4O. The van der Waals surface area contributed by atoms with E-state index < -0.39 is 0 Å². The zero-order valence-electron chi connectivity index (χ0n) is 11.8. The van der Waals surface area contributed by atoms with Gasteiger partial charge in [-0.3, -0.25) is 4.79 Å². The van der Waals surface area contributed by atoms with E-state index >= 15 is 0 Å². The van der Waals surface area contributed by atoms with Crippen LogP contribution < -0.4 is 11.1 Å². The van der Waals surface area contributed by atoms with Gasteiger partial charge in [0, 0.05) is 30.6 Å². The summed E-state index contributed by atoms with van der Waals surface area (Å²) in [5, 5.41) is 3.09. The highest BCUT2D eigenvalue weighted by atomic mass is 16.1. The maximum Gasteiger partial charge on any atom is 0.221 e. The van der Waals surface area contributed by atoms with Crippen LogP contribution in [-0.2, 0) is 4.79 Å². The lowest BCUT2D eigenvalue weighted by Gasteiger charge is -2.27. The first-order valence-corrected chi connectivity index (χ1v) is 7.77. The molecule has 4 N–H and O–H groups in total. The van der Waals surface area contributed by atoms with Crippen LogP contribution in [0.5, 0.6) is 0 Å². The molecule has 1 heterocycles. The molecule has 110 valence electrons. The van der Waals surface area contributed by atoms with Crippen molar-refractivity contribution in [2.75, 3.05) is 0 Å². The number of nitrogens with two attached hydrogens (primary N) is 1. The number of aromatic amines is 1. The number of amides is 1. The predicted octanol–water partition coefficient (Wildman–Crippen LogP) is 1.68. The number of hydrogen-bond donors (Lipinski definition) is 3. The minimum absolute atomic E-state index is 0.0258. The van der Waals surface area contributed by atoms with E-state index in [0.717, 1.165) is 12.1 Å². The molecule has 2 fully saturated rings. The molecular weight excluding hydrogens is 252 g/mol. The number of nitrogens with zero attached hydrogens (tertiary/aromatic N) is 1. The summed E-state index contributed by atoms with van der Waals surface area (Å²) in [5.74, 6) is 1.03. The second kappa shape index (κ2) is 5.95. The molecule has 5 nitrogen and oxygen atoms in total. The Kier molecular flexibility index (Phi) is 4.05. The minimum atomic E-state index is 0.0258. The van der Waals surface area contributed by atoms with E-state index in [2.05, 4.69) is 15.3 Å². The van der Waals surface area contributed by atoms with Crippen molar-refractivity contribution < 1.29 is 4.79 Å². The SMILES string of the molecule is N[C@@H](CC(=O)NC1CC1c1c[nH]cn1)C1CCCCC1. The largest absolute Gasteiger partial charge is 0.353 e. The van der Waals surface area contributed by atoms with Crippen LogP contribution in [-0.4, -0.2) is 28.0 Å². The van der Waals surface area contributed by atoms with Crippen molar-refractivity contribution in [2.24, 2.45) is 11.7 Å². The van der Waals surface area contributed by atoms with E-state index in [0.29, 0.717) is 18.3 Å². The maximum atomic E-state index is 12.0. The summed E-state index contributed by atoms with van der Waals surface area (Å²) >= 11 is 0. The van der Waals surface area contributed by atoms with Gasteiger partial charge in [-0.25, -0.2) is 4.98 Å². The van der Waals surface area contributed by atoms with Gasteiger partial charge in [0.1, 0.15) is 0 Å². The van der Waals surface area contributed by atoms with Gasteiger partial charge in [-0.05, 0) is 25.2 Å². The van der Waals surface area contributed by atoms with Gasteiger partial charge < -0.3 is 16.0 Å². The Morgan fingerprint density at radius 3 is 2.95 bits per heavy atom. The van der Waals surface area contributed by atoms with Crippen molar-refractivity contribution in [3.63, 3.8) is 0 Å². The average molecular weight is 276 g/mol. The van der Waals surface area contributed by atoms with Crippen LogP contribution in [0.15, 0.2) is 12.5 Å². The standard InChI is InChI=1S/C15H24N4O/c16-12(10-4-2-1-3-5-10)7-15(20)19-13-6-11(13)14-8-17-9-18-14/h8-13H,1-7,16H2,(H,17,18)(H,19,20)/t11?,12-,13?/m0/s1. The number of nitrogens with one attached hydrogen (secondary N) is 2. The molecule has 20 heavy (non-hydrogen) atoms. The van der Waals surface area contributed by atoms with Crippen LogP contribution in [0.25, 0.3) is 0 Å². The average Bonchev–Trinajstić information content (AvgIpc) is 3.01. The molecule has 0 saturated heterocycles. The van der Waals surface area contributed by atoms with Crippen LogP contribution in [0.2, 0.25) is 0 Å². The lowest BCUT2D eigenvalue weighted by molar-refractivity contribution is -0.121. The number of rotatable bonds is 5. The van der Waals surface area contributed by atoms with Gasteiger partial charge in [0.25, 0.3) is 0 Å². The lowest BCUT2D eigenvalue weighted by Crippen LogP contribution is -2.38. The molecule has 2 aliphatic rings. The molecule has 0 aliphatic heterocycles. The van der Waals surface area contributed by atoms with Crippen LogP contribution in [0.4, 0.5) is 0 Å². The Morgan fingerprint density at radius 1 is 1.45 bits per heavy atom. The molecule has 0 bridgehead atoms. The topological polar surface area (TPSA) is 83.8 Å². The number of aromatic nitrogens is 2. The van der Waals surface area contributed by atoms with Gasteiger partial charge >= 0.3 is 0 Å². The second-order valence-electron chi connectivity index (χ2n) is 6.28. The molecule has 3 atom stereocenters. The molecule has 2 saturated carbocycles. The monoisotopic (exact) mass is 276 g/mol. The molecule has 3 rings (SSSR count). The van der Waals surface area contributed by atoms with E-state index in [9.17, 15) is 4.79 Å². The third-order valence-electron chi connectivity index (χ3n) is 4.71. The number of imidazole rings is 1. The van der Waals surface area contributed by atoms with Crippen LogP contribution in [0.1, 0.15) is 56.6 Å². The summed E-state index contributed by atoms with van der Waals surface area (Å²) in [7, 11) is 0. The Bertz CT molecular complexity index is 439. The van der Waals surface area contributed by atoms with Gasteiger partial charge in [0.05, 0.1) is 12.0 Å². The van der Waals surface area contributed by atoms with E-state index in [1.54, 1.807) is 6.33 Å². The summed E-state index contributed by atoms with van der Waals surface area (Å²) in [6.07, 6.45) is 11.3. The fourth-order valence-corrected chi connectivity index (χ4v) is 3.36. The Morgan fingerprint density at radius 2 is 2.25 bits per heavy atom. The molecule has 1 amide bonds. The first kappa shape index (κ1) is 13.6. The van der Waals surface area contributed by atoms with Crippen molar-refractivity contribution in [1.29, 1.82) is 0 Å². The van der Waals surface area contributed by atoms with Crippen molar-refractivity contribution in [3.05, 3.63) is 18.2 Å². The summed E-state index contributed by atoms with van der Waals surface area (Å²) in [5.41, 5.74) is 7.24. The Labute approximate surface area is 119 Å². The zero-order valence-corrected chi connectivity index (χ0v) is 11.8. The third-order valence-corrected chi connectivity index (χ3v) is 4.71. The van der Waals surface area contributed by atoms with Crippen molar-refractivity contribution >= 4 is 5.91 Å². The van der Waals surface area contributed by atoms with Gasteiger partial charge in [-0.1, -0.05) is 19.3 Å². The molecule has 2 aliphatic carbocycles. The molecule has 1 aromatic heterocycles. The van der Waals surface area contributed by atoms with Crippen LogP contribution in [0, 0.1) is 5.92 Å². The molecule has 0 aromatic carbocycles. The lowest BCUT2D eigenvalue weighted by atomic mass is 9.83. The van der Waals surface area contributed by atoms with Crippen molar-refractivity contribution in [3.8, 4) is 0 Å². The minimum Gasteiger partial charge on any atom is -0.353 e. The van der Waals surface area contributed by atoms with E-state index in [1.165, 1.54) is 32.1 Å². The molecule has 0 radical (unpaired) electrons. The fourth-order valence-electron chi connectivity index (χ4n) is 3.36. The summed E-state index contributed by atoms with van der Waals surface area (Å²) in [6.45, 7) is 0. The quantitative estimate of drug-likeness (QED) is 0.765. The highest BCUT2D eigenvalue weighted by Gasteiger charge is 2.41. The highest BCUT2D eigenvalue weighted by molar-refractivity contribution is 5.77. The first-order valence-electron chi connectivity index (χ1n) is 7.77. The third kappa shape index (κ3) is 3.20. The van der Waals surface area contributed by atoms with Gasteiger partial charge in [0.2, 0.25) is 5.91 Å². The number of hydrogen-bond acceptors (Lipinski definition) is 3. The number of carbonyl (C=O) groups is 1. The maximum absolute atomic E-state index is 12.0. The fraction of sp³-hybridized carbons (Fsp3) is 0.733.